The van der Waals surface area contributed by atoms with Crippen LogP contribution in [0.2, 0.25) is 0 Å². The van der Waals surface area contributed by atoms with Crippen LogP contribution in [-0.2, 0) is 12.8 Å². The van der Waals surface area contributed by atoms with Gasteiger partial charge in [-0.05, 0) is 18.9 Å². The lowest BCUT2D eigenvalue weighted by Crippen LogP contribution is -2.35. The molecule has 15 heavy (non-hydrogen) atoms. The third-order valence-electron chi connectivity index (χ3n) is 2.63. The number of nitrogens with zero attached hydrogens (tertiary/aromatic N) is 1. The molecule has 3 heteroatoms. The number of likely N-dealkylation sites (N-methyl/N-ethyl adjacent to an activating group) is 1. The van der Waals surface area contributed by atoms with Crippen LogP contribution in [-0.4, -0.2) is 17.6 Å². The maximum absolute atomic E-state index is 4.61. The van der Waals surface area contributed by atoms with E-state index in [0.29, 0.717) is 12.0 Å². The van der Waals surface area contributed by atoms with Crippen molar-refractivity contribution in [2.24, 2.45) is 5.92 Å². The molecule has 1 aromatic rings. The molecule has 0 aliphatic rings. The fourth-order valence-electron chi connectivity index (χ4n) is 1.60. The van der Waals surface area contributed by atoms with E-state index >= 15 is 0 Å². The Hall–Kier alpha value is -0.410. The molecule has 0 amide bonds. The Morgan fingerprint density at radius 1 is 1.40 bits per heavy atom. The largest absolute Gasteiger partial charge is 0.314 e. The van der Waals surface area contributed by atoms with E-state index in [0.717, 1.165) is 19.4 Å². The van der Waals surface area contributed by atoms with Crippen LogP contribution in [0.25, 0.3) is 0 Å². The summed E-state index contributed by atoms with van der Waals surface area (Å²) in [7, 11) is 0. The van der Waals surface area contributed by atoms with Crippen molar-refractivity contribution < 1.29 is 0 Å². The van der Waals surface area contributed by atoms with E-state index in [1.165, 1.54) is 10.7 Å². The van der Waals surface area contributed by atoms with E-state index in [1.807, 2.05) is 0 Å². The number of hydrogen-bond donors (Lipinski definition) is 1. The van der Waals surface area contributed by atoms with Crippen molar-refractivity contribution >= 4 is 11.3 Å². The normalized spacial score (nSPS) is 13.4. The van der Waals surface area contributed by atoms with Gasteiger partial charge in [-0.2, -0.15) is 0 Å². The van der Waals surface area contributed by atoms with Gasteiger partial charge in [0.05, 0.1) is 10.7 Å². The van der Waals surface area contributed by atoms with Gasteiger partial charge < -0.3 is 5.32 Å². The Labute approximate surface area is 97.1 Å². The summed E-state index contributed by atoms with van der Waals surface area (Å²) in [4.78, 5) is 4.61. The minimum atomic E-state index is 0.561. The lowest BCUT2D eigenvalue weighted by Gasteiger charge is -2.20. The topological polar surface area (TPSA) is 24.9 Å². The molecule has 86 valence electrons. The molecule has 0 spiro atoms. The molecule has 0 aromatic carbocycles. The summed E-state index contributed by atoms with van der Waals surface area (Å²) in [6.45, 7) is 9.88. The van der Waals surface area contributed by atoms with Gasteiger partial charge in [0.2, 0.25) is 0 Å². The summed E-state index contributed by atoms with van der Waals surface area (Å²) >= 11 is 1.79. The lowest BCUT2D eigenvalue weighted by molar-refractivity contribution is 0.404. The highest BCUT2D eigenvalue weighted by Gasteiger charge is 2.14. The molecule has 1 unspecified atom stereocenters. The highest BCUT2D eigenvalue weighted by atomic mass is 32.1. The molecule has 2 nitrogen and oxygen atoms in total. The predicted molar refractivity (Wildman–Crippen MR) is 67.5 cm³/mol. The molecule has 1 heterocycles. The van der Waals surface area contributed by atoms with Crippen LogP contribution in [0.3, 0.4) is 0 Å². The van der Waals surface area contributed by atoms with Gasteiger partial charge in [0.15, 0.2) is 0 Å². The summed E-state index contributed by atoms with van der Waals surface area (Å²) in [5, 5.41) is 6.97. The van der Waals surface area contributed by atoms with Gasteiger partial charge in [0.25, 0.3) is 0 Å². The number of aromatic nitrogens is 1. The summed E-state index contributed by atoms with van der Waals surface area (Å²) < 4.78 is 0. The number of nitrogens with one attached hydrogen (secondary N) is 1. The standard InChI is InChI=1S/C12H22N2S/c1-5-10-8-15-12(14-10)7-11(9(3)4)13-6-2/h8-9,11,13H,5-7H2,1-4H3. The number of thiazole rings is 1. The van der Waals surface area contributed by atoms with Crippen molar-refractivity contribution in [3.8, 4) is 0 Å². The van der Waals surface area contributed by atoms with Crippen molar-refractivity contribution in [2.45, 2.75) is 46.6 Å². The van der Waals surface area contributed by atoms with Crippen LogP contribution in [0.1, 0.15) is 38.4 Å². The molecular formula is C12H22N2S. The minimum Gasteiger partial charge on any atom is -0.314 e. The molecule has 0 fully saturated rings. The van der Waals surface area contributed by atoms with Crippen molar-refractivity contribution in [1.82, 2.24) is 10.3 Å². The summed E-state index contributed by atoms with van der Waals surface area (Å²) in [5.41, 5.74) is 1.23. The molecule has 1 N–H and O–H groups in total. The van der Waals surface area contributed by atoms with Gasteiger partial charge in [0, 0.05) is 17.8 Å². The molecule has 0 saturated heterocycles. The zero-order valence-corrected chi connectivity index (χ0v) is 11.0. The fourth-order valence-corrected chi connectivity index (χ4v) is 2.54. The van der Waals surface area contributed by atoms with Crippen LogP contribution >= 0.6 is 11.3 Å². The Kier molecular flexibility index (Phi) is 5.26. The lowest BCUT2D eigenvalue weighted by atomic mass is 10.0. The molecule has 0 radical (unpaired) electrons. The Morgan fingerprint density at radius 3 is 2.60 bits per heavy atom. The van der Waals surface area contributed by atoms with Gasteiger partial charge in [-0.3, -0.25) is 0 Å². The first-order chi connectivity index (χ1) is 7.17. The minimum absolute atomic E-state index is 0.561. The van der Waals surface area contributed by atoms with Gasteiger partial charge >= 0.3 is 0 Å². The molecule has 1 rings (SSSR count). The predicted octanol–water partition coefficient (Wildman–Crippen LogP) is 2.88. The van der Waals surface area contributed by atoms with Crippen LogP contribution in [0, 0.1) is 5.92 Å². The molecule has 0 saturated carbocycles. The number of rotatable bonds is 6. The van der Waals surface area contributed by atoms with Gasteiger partial charge in [-0.15, -0.1) is 11.3 Å². The van der Waals surface area contributed by atoms with E-state index in [-0.39, 0.29) is 0 Å². The van der Waals surface area contributed by atoms with Crippen molar-refractivity contribution in [3.63, 3.8) is 0 Å². The fraction of sp³-hybridized carbons (Fsp3) is 0.750. The average molecular weight is 226 g/mol. The summed E-state index contributed by atoms with van der Waals surface area (Å²) in [5.74, 6) is 0.666. The van der Waals surface area contributed by atoms with Crippen LogP contribution < -0.4 is 5.32 Å². The second-order valence-corrected chi connectivity index (χ2v) is 5.14. The molecule has 1 aromatic heterocycles. The zero-order chi connectivity index (χ0) is 11.3. The molecular weight excluding hydrogens is 204 g/mol. The highest BCUT2D eigenvalue weighted by Crippen LogP contribution is 2.15. The van der Waals surface area contributed by atoms with Crippen LogP contribution in [0.4, 0.5) is 0 Å². The maximum atomic E-state index is 4.61. The first kappa shape index (κ1) is 12.7. The first-order valence-electron chi connectivity index (χ1n) is 5.84. The van der Waals surface area contributed by atoms with Crippen LogP contribution in [0.15, 0.2) is 5.38 Å². The quantitative estimate of drug-likeness (QED) is 0.807. The molecule has 0 bridgehead atoms. The second kappa shape index (κ2) is 6.23. The average Bonchev–Trinajstić information content (AvgIpc) is 2.65. The van der Waals surface area contributed by atoms with Crippen molar-refractivity contribution in [2.75, 3.05) is 6.54 Å². The van der Waals surface area contributed by atoms with E-state index in [4.69, 9.17) is 0 Å². The van der Waals surface area contributed by atoms with Gasteiger partial charge in [-0.25, -0.2) is 4.98 Å². The van der Waals surface area contributed by atoms with Crippen molar-refractivity contribution in [1.29, 1.82) is 0 Å². The monoisotopic (exact) mass is 226 g/mol. The highest BCUT2D eigenvalue weighted by molar-refractivity contribution is 7.09. The van der Waals surface area contributed by atoms with E-state index in [2.05, 4.69) is 43.4 Å². The third-order valence-corrected chi connectivity index (χ3v) is 3.55. The SMILES string of the molecule is CCNC(Cc1nc(CC)cs1)C(C)C. The van der Waals surface area contributed by atoms with E-state index in [9.17, 15) is 0 Å². The Balaban J connectivity index is 2.57. The van der Waals surface area contributed by atoms with Gasteiger partial charge in [0.1, 0.15) is 0 Å². The summed E-state index contributed by atoms with van der Waals surface area (Å²) in [6, 6.07) is 0.561. The van der Waals surface area contributed by atoms with Crippen molar-refractivity contribution in [3.05, 3.63) is 16.1 Å². The Bertz CT molecular complexity index is 281. The van der Waals surface area contributed by atoms with Crippen LogP contribution in [0.5, 0.6) is 0 Å². The second-order valence-electron chi connectivity index (χ2n) is 4.20. The molecule has 0 aliphatic heterocycles. The number of hydrogen-bond acceptors (Lipinski definition) is 3. The van der Waals surface area contributed by atoms with Gasteiger partial charge in [-0.1, -0.05) is 27.7 Å². The smallest absolute Gasteiger partial charge is 0.0943 e. The zero-order valence-electron chi connectivity index (χ0n) is 10.2. The maximum Gasteiger partial charge on any atom is 0.0943 e. The first-order valence-corrected chi connectivity index (χ1v) is 6.72. The molecule has 1 atom stereocenters. The third kappa shape index (κ3) is 3.92. The number of aryl methyl sites for hydroxylation is 1. The van der Waals surface area contributed by atoms with E-state index < -0.39 is 0 Å². The Morgan fingerprint density at radius 2 is 2.13 bits per heavy atom. The van der Waals surface area contributed by atoms with E-state index in [1.54, 1.807) is 11.3 Å². The molecule has 0 aliphatic carbocycles. The summed E-state index contributed by atoms with van der Waals surface area (Å²) in [6.07, 6.45) is 2.11.